The van der Waals surface area contributed by atoms with Crippen molar-refractivity contribution in [2.45, 2.75) is 6.61 Å². The number of hydrogen-bond acceptors (Lipinski definition) is 4. The van der Waals surface area contributed by atoms with Crippen LogP contribution in [0.15, 0.2) is 39.7 Å². The van der Waals surface area contributed by atoms with Crippen LogP contribution >= 0.6 is 0 Å². The molecule has 3 aromatic heterocycles. The van der Waals surface area contributed by atoms with Crippen molar-refractivity contribution < 1.29 is 9.15 Å². The number of ether oxygens (including phenoxy) is 1. The minimum atomic E-state index is -0.432. The van der Waals surface area contributed by atoms with Gasteiger partial charge in [0.25, 0.3) is 0 Å². The summed E-state index contributed by atoms with van der Waals surface area (Å²) in [7, 11) is 1.55. The van der Waals surface area contributed by atoms with Crippen molar-refractivity contribution in [3.63, 3.8) is 0 Å². The summed E-state index contributed by atoms with van der Waals surface area (Å²) in [4.78, 5) is 16.0. The van der Waals surface area contributed by atoms with Gasteiger partial charge in [-0.25, -0.2) is 9.78 Å². The van der Waals surface area contributed by atoms with Crippen LogP contribution in [0.5, 0.6) is 0 Å². The summed E-state index contributed by atoms with van der Waals surface area (Å²) in [5, 5.41) is 0. The van der Waals surface area contributed by atoms with Crippen LogP contribution in [-0.2, 0) is 11.3 Å². The maximum atomic E-state index is 11.7. The molecule has 3 aromatic rings. The van der Waals surface area contributed by atoms with Crippen molar-refractivity contribution in [3.05, 3.63) is 46.6 Å². The standard InChI is InChI=1S/C12H10N2O3/c1-16-7-8-6-9-11(12(15)17-8)13-10-4-2-3-5-14(9)10/h2-6H,7H2,1H3. The molecule has 86 valence electrons. The van der Waals surface area contributed by atoms with Crippen LogP contribution in [0.4, 0.5) is 0 Å². The maximum absolute atomic E-state index is 11.7. The Kier molecular flexibility index (Phi) is 2.19. The largest absolute Gasteiger partial charge is 0.424 e. The van der Waals surface area contributed by atoms with E-state index in [1.54, 1.807) is 13.2 Å². The molecule has 0 aliphatic heterocycles. The van der Waals surface area contributed by atoms with Gasteiger partial charge in [-0.2, -0.15) is 0 Å². The van der Waals surface area contributed by atoms with Gasteiger partial charge in [0.05, 0.1) is 5.52 Å². The molecular formula is C12H10N2O3. The Hall–Kier alpha value is -2.14. The Bertz CT molecular complexity index is 742. The first kappa shape index (κ1) is 10.0. The zero-order valence-corrected chi connectivity index (χ0v) is 9.21. The fourth-order valence-electron chi connectivity index (χ4n) is 1.87. The highest BCUT2D eigenvalue weighted by Gasteiger charge is 2.10. The van der Waals surface area contributed by atoms with Crippen LogP contribution in [0, 0.1) is 0 Å². The average molecular weight is 230 g/mol. The number of hydrogen-bond donors (Lipinski definition) is 0. The number of methoxy groups -OCH3 is 1. The molecule has 3 heterocycles. The van der Waals surface area contributed by atoms with Gasteiger partial charge in [-0.1, -0.05) is 6.07 Å². The zero-order chi connectivity index (χ0) is 11.8. The molecule has 0 radical (unpaired) electrons. The summed E-state index contributed by atoms with van der Waals surface area (Å²) in [6, 6.07) is 7.38. The van der Waals surface area contributed by atoms with Gasteiger partial charge in [0.15, 0.2) is 5.52 Å². The Balaban J connectivity index is 2.42. The fraction of sp³-hybridized carbons (Fsp3) is 0.167. The van der Waals surface area contributed by atoms with E-state index in [0.29, 0.717) is 11.3 Å². The Morgan fingerprint density at radius 3 is 3.18 bits per heavy atom. The number of aromatic nitrogens is 2. The van der Waals surface area contributed by atoms with Crippen LogP contribution in [-0.4, -0.2) is 16.5 Å². The number of fused-ring (bicyclic) bond motifs is 3. The third-order valence-electron chi connectivity index (χ3n) is 2.57. The summed E-state index contributed by atoms with van der Waals surface area (Å²) < 4.78 is 11.9. The number of imidazole rings is 1. The number of rotatable bonds is 2. The van der Waals surface area contributed by atoms with E-state index in [0.717, 1.165) is 11.2 Å². The quantitative estimate of drug-likeness (QED) is 0.670. The molecule has 0 aromatic carbocycles. The van der Waals surface area contributed by atoms with Crippen LogP contribution < -0.4 is 5.63 Å². The molecule has 0 bridgehead atoms. The van der Waals surface area contributed by atoms with Crippen LogP contribution in [0.3, 0.4) is 0 Å². The molecular weight excluding hydrogens is 220 g/mol. The highest BCUT2D eigenvalue weighted by Crippen LogP contribution is 2.15. The molecule has 0 spiro atoms. The normalized spacial score (nSPS) is 11.4. The number of nitrogens with zero attached hydrogens (tertiary/aromatic N) is 2. The molecule has 0 aliphatic carbocycles. The van der Waals surface area contributed by atoms with Gasteiger partial charge in [0.1, 0.15) is 18.0 Å². The summed E-state index contributed by atoms with van der Waals surface area (Å²) in [5.41, 5.74) is 1.38. The predicted octanol–water partition coefficient (Wildman–Crippen LogP) is 1.59. The molecule has 5 nitrogen and oxygen atoms in total. The second kappa shape index (κ2) is 3.71. The fourth-order valence-corrected chi connectivity index (χ4v) is 1.87. The SMILES string of the molecule is COCc1cc2c(nc3ccccn32)c(=O)o1. The van der Waals surface area contributed by atoms with Gasteiger partial charge in [0, 0.05) is 19.4 Å². The molecule has 5 heteroatoms. The lowest BCUT2D eigenvalue weighted by Crippen LogP contribution is -2.03. The van der Waals surface area contributed by atoms with E-state index in [1.807, 2.05) is 28.8 Å². The first-order chi connectivity index (χ1) is 8.29. The molecule has 0 N–H and O–H groups in total. The van der Waals surface area contributed by atoms with Crippen LogP contribution in [0.25, 0.3) is 16.7 Å². The molecule has 0 saturated heterocycles. The van der Waals surface area contributed by atoms with Gasteiger partial charge in [0.2, 0.25) is 0 Å². The third-order valence-corrected chi connectivity index (χ3v) is 2.57. The maximum Gasteiger partial charge on any atom is 0.364 e. The van der Waals surface area contributed by atoms with E-state index < -0.39 is 5.63 Å². The topological polar surface area (TPSA) is 56.7 Å². The Labute approximate surface area is 96.3 Å². The van der Waals surface area contributed by atoms with Crippen molar-refractivity contribution in [2.24, 2.45) is 0 Å². The lowest BCUT2D eigenvalue weighted by molar-refractivity contribution is 0.161. The summed E-state index contributed by atoms with van der Waals surface area (Å²) in [5.74, 6) is 0.496. The van der Waals surface area contributed by atoms with E-state index in [2.05, 4.69) is 4.98 Å². The first-order valence-corrected chi connectivity index (χ1v) is 5.18. The van der Waals surface area contributed by atoms with Gasteiger partial charge in [-0.15, -0.1) is 0 Å². The van der Waals surface area contributed by atoms with E-state index in [4.69, 9.17) is 9.15 Å². The van der Waals surface area contributed by atoms with Crippen molar-refractivity contribution in [1.29, 1.82) is 0 Å². The molecule has 0 atom stereocenters. The minimum absolute atomic E-state index is 0.269. The third kappa shape index (κ3) is 1.52. The summed E-state index contributed by atoms with van der Waals surface area (Å²) >= 11 is 0. The van der Waals surface area contributed by atoms with Gasteiger partial charge >= 0.3 is 5.63 Å². The lowest BCUT2D eigenvalue weighted by Gasteiger charge is -1.98. The smallest absolute Gasteiger partial charge is 0.364 e. The number of pyridine rings is 1. The molecule has 0 saturated carbocycles. The monoisotopic (exact) mass is 230 g/mol. The summed E-state index contributed by atoms with van der Waals surface area (Å²) in [6.45, 7) is 0.269. The van der Waals surface area contributed by atoms with E-state index in [9.17, 15) is 4.79 Å². The van der Waals surface area contributed by atoms with E-state index in [1.165, 1.54) is 0 Å². The molecule has 17 heavy (non-hydrogen) atoms. The van der Waals surface area contributed by atoms with Crippen molar-refractivity contribution in [2.75, 3.05) is 7.11 Å². The average Bonchev–Trinajstić information content (AvgIpc) is 2.69. The second-order valence-corrected chi connectivity index (χ2v) is 3.71. The zero-order valence-electron chi connectivity index (χ0n) is 9.21. The first-order valence-electron chi connectivity index (χ1n) is 5.18. The second-order valence-electron chi connectivity index (χ2n) is 3.71. The van der Waals surface area contributed by atoms with Crippen LogP contribution in [0.1, 0.15) is 5.76 Å². The van der Waals surface area contributed by atoms with E-state index >= 15 is 0 Å². The molecule has 3 rings (SSSR count). The van der Waals surface area contributed by atoms with Crippen molar-refractivity contribution >= 4 is 16.7 Å². The van der Waals surface area contributed by atoms with Crippen molar-refractivity contribution in [3.8, 4) is 0 Å². The molecule has 0 unspecified atom stereocenters. The predicted molar refractivity (Wildman–Crippen MR) is 61.9 cm³/mol. The lowest BCUT2D eigenvalue weighted by atomic mass is 10.3. The van der Waals surface area contributed by atoms with Gasteiger partial charge < -0.3 is 9.15 Å². The van der Waals surface area contributed by atoms with E-state index in [-0.39, 0.29) is 6.61 Å². The molecule has 0 aliphatic rings. The Morgan fingerprint density at radius 1 is 1.47 bits per heavy atom. The highest BCUT2D eigenvalue weighted by molar-refractivity contribution is 5.79. The molecule has 0 amide bonds. The summed E-state index contributed by atoms with van der Waals surface area (Å²) in [6.07, 6.45) is 1.86. The Morgan fingerprint density at radius 2 is 2.35 bits per heavy atom. The highest BCUT2D eigenvalue weighted by atomic mass is 16.5. The molecule has 0 fully saturated rings. The van der Waals surface area contributed by atoms with Crippen molar-refractivity contribution in [1.82, 2.24) is 9.38 Å². The minimum Gasteiger partial charge on any atom is -0.424 e. The van der Waals surface area contributed by atoms with Gasteiger partial charge in [-0.05, 0) is 12.1 Å². The van der Waals surface area contributed by atoms with Crippen LogP contribution in [0.2, 0.25) is 0 Å². The van der Waals surface area contributed by atoms with Gasteiger partial charge in [-0.3, -0.25) is 4.40 Å².